The van der Waals surface area contributed by atoms with Gasteiger partial charge in [0.05, 0.1) is 12.1 Å². The van der Waals surface area contributed by atoms with Gasteiger partial charge in [-0.25, -0.2) is 0 Å². The van der Waals surface area contributed by atoms with Gasteiger partial charge in [-0.3, -0.25) is 9.78 Å². The summed E-state index contributed by atoms with van der Waals surface area (Å²) >= 11 is 0. The van der Waals surface area contributed by atoms with E-state index in [1.54, 1.807) is 19.3 Å². The fourth-order valence-electron chi connectivity index (χ4n) is 2.19. The van der Waals surface area contributed by atoms with Crippen LogP contribution < -0.4 is 16.4 Å². The maximum atomic E-state index is 11.5. The Morgan fingerprint density at radius 3 is 3.05 bits per heavy atom. The number of nitrogens with one attached hydrogen (secondary N) is 2. The summed E-state index contributed by atoms with van der Waals surface area (Å²) in [6, 6.07) is 3.70. The topological polar surface area (TPSA) is 89.3 Å². The van der Waals surface area contributed by atoms with Crippen molar-refractivity contribution in [3.63, 3.8) is 0 Å². The first kappa shape index (κ1) is 13.8. The predicted molar refractivity (Wildman–Crippen MR) is 73.0 cm³/mol. The van der Waals surface area contributed by atoms with Gasteiger partial charge >= 0.3 is 0 Å². The van der Waals surface area contributed by atoms with Crippen LogP contribution in [-0.4, -0.2) is 42.7 Å². The highest BCUT2D eigenvalue weighted by atomic mass is 16.5. The zero-order valence-electron chi connectivity index (χ0n) is 11.2. The Balaban J connectivity index is 2.04. The van der Waals surface area contributed by atoms with Gasteiger partial charge in [-0.05, 0) is 25.5 Å². The van der Waals surface area contributed by atoms with Crippen molar-refractivity contribution in [1.82, 2.24) is 10.3 Å². The number of ether oxygens (including phenoxy) is 1. The van der Waals surface area contributed by atoms with Gasteiger partial charge in [0.25, 0.3) is 5.91 Å². The van der Waals surface area contributed by atoms with Crippen molar-refractivity contribution in [2.75, 3.05) is 19.0 Å². The van der Waals surface area contributed by atoms with E-state index < -0.39 is 0 Å². The van der Waals surface area contributed by atoms with E-state index in [9.17, 15) is 4.79 Å². The summed E-state index contributed by atoms with van der Waals surface area (Å²) in [5.41, 5.74) is 7.19. The van der Waals surface area contributed by atoms with E-state index in [1.807, 2.05) is 13.0 Å². The molecule has 1 aromatic rings. The molecule has 0 radical (unpaired) electrons. The molecule has 0 bridgehead atoms. The molecule has 1 saturated carbocycles. The zero-order chi connectivity index (χ0) is 13.8. The Hall–Kier alpha value is -1.66. The Bertz CT molecular complexity index is 450. The van der Waals surface area contributed by atoms with Crippen molar-refractivity contribution < 1.29 is 9.53 Å². The number of hydrogen-bond acceptors (Lipinski definition) is 5. The maximum Gasteiger partial charge on any atom is 0.269 e. The molecular weight excluding hydrogens is 244 g/mol. The van der Waals surface area contributed by atoms with Gasteiger partial charge in [0, 0.05) is 31.6 Å². The molecular formula is C13H20N4O2. The van der Waals surface area contributed by atoms with Crippen molar-refractivity contribution in [2.45, 2.75) is 31.5 Å². The van der Waals surface area contributed by atoms with Crippen LogP contribution in [0.15, 0.2) is 18.3 Å². The number of nitrogens with two attached hydrogens (primary N) is 1. The number of aromatic nitrogens is 1. The average molecular weight is 264 g/mol. The molecule has 104 valence electrons. The van der Waals surface area contributed by atoms with Gasteiger partial charge in [-0.15, -0.1) is 0 Å². The Morgan fingerprint density at radius 2 is 2.42 bits per heavy atom. The number of pyridine rings is 1. The Labute approximate surface area is 112 Å². The van der Waals surface area contributed by atoms with Crippen LogP contribution in [0.3, 0.4) is 0 Å². The highest BCUT2D eigenvalue weighted by Gasteiger charge is 2.39. The molecule has 1 fully saturated rings. The molecule has 3 unspecified atom stereocenters. The number of nitrogens with zero attached hydrogens (tertiary/aromatic N) is 1. The van der Waals surface area contributed by atoms with E-state index in [-0.39, 0.29) is 24.1 Å². The molecule has 6 nitrogen and oxygen atoms in total. The van der Waals surface area contributed by atoms with Crippen molar-refractivity contribution in [3.8, 4) is 0 Å². The van der Waals surface area contributed by atoms with Crippen LogP contribution in [0.4, 0.5) is 5.69 Å². The summed E-state index contributed by atoms with van der Waals surface area (Å²) in [4.78, 5) is 15.5. The summed E-state index contributed by atoms with van der Waals surface area (Å²) in [5.74, 6) is -0.206. The first-order valence-corrected chi connectivity index (χ1v) is 6.47. The fraction of sp³-hybridized carbons (Fsp3) is 0.538. The van der Waals surface area contributed by atoms with E-state index in [0.29, 0.717) is 12.3 Å². The number of amides is 1. The second kappa shape index (κ2) is 5.99. The summed E-state index contributed by atoms with van der Waals surface area (Å²) in [6.07, 6.45) is 2.60. The van der Waals surface area contributed by atoms with E-state index in [0.717, 1.165) is 12.1 Å². The minimum absolute atomic E-state index is 0.0770. The van der Waals surface area contributed by atoms with E-state index >= 15 is 0 Å². The number of hydrogen-bond donors (Lipinski definition) is 3. The smallest absolute Gasteiger partial charge is 0.269 e. The fourth-order valence-corrected chi connectivity index (χ4v) is 2.19. The molecule has 0 aromatic carbocycles. The minimum atomic E-state index is -0.206. The van der Waals surface area contributed by atoms with Gasteiger partial charge in [0.2, 0.25) is 0 Å². The lowest BCUT2D eigenvalue weighted by atomic mass is 9.83. The average Bonchev–Trinajstić information content (AvgIpc) is 2.44. The number of carbonyl (C=O) groups excluding carboxylic acids is 1. The highest BCUT2D eigenvalue weighted by molar-refractivity contribution is 5.92. The van der Waals surface area contributed by atoms with Gasteiger partial charge in [0.1, 0.15) is 5.69 Å². The lowest BCUT2D eigenvalue weighted by Crippen LogP contribution is -2.60. The lowest BCUT2D eigenvalue weighted by Gasteiger charge is -2.43. The van der Waals surface area contributed by atoms with Gasteiger partial charge in [-0.2, -0.15) is 0 Å². The third kappa shape index (κ3) is 3.02. The van der Waals surface area contributed by atoms with Crippen LogP contribution in [-0.2, 0) is 4.74 Å². The first-order valence-electron chi connectivity index (χ1n) is 6.47. The van der Waals surface area contributed by atoms with E-state index in [4.69, 9.17) is 10.5 Å². The van der Waals surface area contributed by atoms with Crippen molar-refractivity contribution >= 4 is 11.6 Å². The minimum Gasteiger partial charge on any atom is -0.378 e. The zero-order valence-corrected chi connectivity index (χ0v) is 11.2. The van der Waals surface area contributed by atoms with Crippen LogP contribution in [0.1, 0.15) is 23.8 Å². The molecule has 0 aliphatic heterocycles. The van der Waals surface area contributed by atoms with Crippen LogP contribution in [0.5, 0.6) is 0 Å². The normalized spacial score (nSPS) is 25.5. The number of carbonyl (C=O) groups is 1. The molecule has 0 saturated heterocycles. The highest BCUT2D eigenvalue weighted by Crippen LogP contribution is 2.26. The predicted octanol–water partition coefficient (Wildman–Crippen LogP) is 0.358. The summed E-state index contributed by atoms with van der Waals surface area (Å²) in [5, 5.41) is 5.86. The third-order valence-corrected chi connectivity index (χ3v) is 3.30. The molecule has 1 amide bonds. The second-order valence-corrected chi connectivity index (χ2v) is 4.57. The molecule has 1 heterocycles. The standard InChI is InChI=1S/C13H20N4O2/c1-3-19-11-7-9(14)12(11)17-8-4-5-16-10(6-8)13(18)15-2/h4-6,9,11-12H,3,7,14H2,1-2H3,(H,15,18)(H,16,17). The van der Waals surface area contributed by atoms with Crippen LogP contribution in [0, 0.1) is 0 Å². The van der Waals surface area contributed by atoms with Crippen LogP contribution in [0.25, 0.3) is 0 Å². The van der Waals surface area contributed by atoms with Crippen LogP contribution >= 0.6 is 0 Å². The monoisotopic (exact) mass is 264 g/mol. The molecule has 4 N–H and O–H groups in total. The molecule has 1 aromatic heterocycles. The third-order valence-electron chi connectivity index (χ3n) is 3.30. The molecule has 3 atom stereocenters. The number of rotatable bonds is 5. The SMILES string of the molecule is CCOC1CC(N)C1Nc1ccnc(C(=O)NC)c1. The summed E-state index contributed by atoms with van der Waals surface area (Å²) in [7, 11) is 1.58. The van der Waals surface area contributed by atoms with E-state index in [2.05, 4.69) is 15.6 Å². The first-order chi connectivity index (χ1) is 9.15. The quantitative estimate of drug-likeness (QED) is 0.714. The molecule has 6 heteroatoms. The second-order valence-electron chi connectivity index (χ2n) is 4.57. The lowest BCUT2D eigenvalue weighted by molar-refractivity contribution is -0.0126. The van der Waals surface area contributed by atoms with Crippen molar-refractivity contribution in [2.24, 2.45) is 5.73 Å². The van der Waals surface area contributed by atoms with Crippen LogP contribution in [0.2, 0.25) is 0 Å². The molecule has 19 heavy (non-hydrogen) atoms. The summed E-state index contributed by atoms with van der Waals surface area (Å²) in [6.45, 7) is 2.65. The Morgan fingerprint density at radius 1 is 1.63 bits per heavy atom. The van der Waals surface area contributed by atoms with Gasteiger partial charge in [0.15, 0.2) is 0 Å². The van der Waals surface area contributed by atoms with Crippen molar-refractivity contribution in [1.29, 1.82) is 0 Å². The molecule has 1 aliphatic carbocycles. The summed E-state index contributed by atoms with van der Waals surface area (Å²) < 4.78 is 5.59. The van der Waals surface area contributed by atoms with E-state index in [1.165, 1.54) is 0 Å². The number of anilines is 1. The molecule has 1 aliphatic rings. The molecule has 2 rings (SSSR count). The van der Waals surface area contributed by atoms with Gasteiger partial charge < -0.3 is 21.1 Å². The van der Waals surface area contributed by atoms with Crippen molar-refractivity contribution in [3.05, 3.63) is 24.0 Å². The maximum absolute atomic E-state index is 11.5. The van der Waals surface area contributed by atoms with Gasteiger partial charge in [-0.1, -0.05) is 0 Å². The Kier molecular flexibility index (Phi) is 4.34. The molecule has 0 spiro atoms. The largest absolute Gasteiger partial charge is 0.378 e.